The van der Waals surface area contributed by atoms with Gasteiger partial charge in [-0.15, -0.1) is 0 Å². The molecule has 0 saturated carbocycles. The lowest BCUT2D eigenvalue weighted by Crippen LogP contribution is -2.61. The average molecular weight is 242 g/mol. The summed E-state index contributed by atoms with van der Waals surface area (Å²) in [6.45, 7) is 5.78. The van der Waals surface area contributed by atoms with E-state index in [4.69, 9.17) is 14.2 Å². The predicted molar refractivity (Wildman–Crippen MR) is 65.4 cm³/mol. The molecule has 0 aromatic carbocycles. The fourth-order valence-corrected chi connectivity index (χ4v) is 2.55. The number of ether oxygens (including phenoxy) is 3. The first-order valence-electron chi connectivity index (χ1n) is 5.66. The second-order valence-electron chi connectivity index (χ2n) is 4.60. The summed E-state index contributed by atoms with van der Waals surface area (Å²) in [6.07, 6.45) is 3.51. The Kier molecular flexibility index (Phi) is 4.02. The first kappa shape index (κ1) is 14.2. The molecule has 1 rings (SSSR count). The van der Waals surface area contributed by atoms with Crippen LogP contribution in [0.1, 0.15) is 20.8 Å². The van der Waals surface area contributed by atoms with E-state index < -0.39 is 11.4 Å². The van der Waals surface area contributed by atoms with Gasteiger partial charge in [-0.3, -0.25) is 0 Å². The lowest BCUT2D eigenvalue weighted by atomic mass is 9.76. The van der Waals surface area contributed by atoms with Crippen LogP contribution < -0.4 is 0 Å². The van der Waals surface area contributed by atoms with Crippen molar-refractivity contribution in [2.45, 2.75) is 32.2 Å². The Hall–Kier alpha value is -0.840. The maximum absolute atomic E-state index is 10.7. The molecular weight excluding hydrogens is 220 g/mol. The number of hydrogen-bond donors (Lipinski definition) is 1. The minimum Gasteiger partial charge on any atom is -0.498 e. The van der Waals surface area contributed by atoms with E-state index in [1.165, 1.54) is 7.11 Å². The standard InChI is InChI=1S/C13H22O4/c1-9(2)13(17-6)11(15-4)7-10(3)8-12(13,14)16-5/h7-9,14H,1-6H3. The largest absolute Gasteiger partial charge is 0.498 e. The van der Waals surface area contributed by atoms with Crippen LogP contribution in [0, 0.1) is 5.92 Å². The van der Waals surface area contributed by atoms with Crippen LogP contribution in [0.4, 0.5) is 0 Å². The number of methoxy groups -OCH3 is 3. The molecule has 17 heavy (non-hydrogen) atoms. The summed E-state index contributed by atoms with van der Waals surface area (Å²) < 4.78 is 16.3. The van der Waals surface area contributed by atoms with Crippen molar-refractivity contribution in [1.29, 1.82) is 0 Å². The molecule has 1 aliphatic rings. The second kappa shape index (κ2) is 4.80. The summed E-state index contributed by atoms with van der Waals surface area (Å²) in [5, 5.41) is 10.7. The van der Waals surface area contributed by atoms with E-state index in [1.54, 1.807) is 20.3 Å². The third kappa shape index (κ3) is 1.90. The third-order valence-corrected chi connectivity index (χ3v) is 3.35. The van der Waals surface area contributed by atoms with E-state index in [0.717, 1.165) is 5.57 Å². The van der Waals surface area contributed by atoms with Crippen LogP contribution in [-0.2, 0) is 14.2 Å². The van der Waals surface area contributed by atoms with Gasteiger partial charge in [-0.25, -0.2) is 0 Å². The maximum atomic E-state index is 10.7. The van der Waals surface area contributed by atoms with Gasteiger partial charge in [0, 0.05) is 14.2 Å². The molecule has 0 heterocycles. The van der Waals surface area contributed by atoms with E-state index in [-0.39, 0.29) is 5.92 Å². The Labute approximate surface area is 103 Å². The van der Waals surface area contributed by atoms with Crippen LogP contribution in [0.2, 0.25) is 0 Å². The summed E-state index contributed by atoms with van der Waals surface area (Å²) in [4.78, 5) is 0. The van der Waals surface area contributed by atoms with Gasteiger partial charge in [0.05, 0.1) is 7.11 Å². The molecule has 4 heteroatoms. The Balaban J connectivity index is 3.44. The predicted octanol–water partition coefficient (Wildman–Crippen LogP) is 1.85. The molecule has 2 unspecified atom stereocenters. The zero-order valence-corrected chi connectivity index (χ0v) is 11.4. The van der Waals surface area contributed by atoms with Gasteiger partial charge in [-0.05, 0) is 30.6 Å². The Morgan fingerprint density at radius 1 is 1.18 bits per heavy atom. The Bertz CT molecular complexity index is 345. The van der Waals surface area contributed by atoms with E-state index in [9.17, 15) is 5.11 Å². The molecule has 0 aromatic heterocycles. The van der Waals surface area contributed by atoms with E-state index in [1.807, 2.05) is 26.8 Å². The molecule has 1 aliphatic carbocycles. The average Bonchev–Trinajstić information content (AvgIpc) is 2.27. The van der Waals surface area contributed by atoms with Gasteiger partial charge in [0.1, 0.15) is 5.76 Å². The van der Waals surface area contributed by atoms with Gasteiger partial charge in [0.15, 0.2) is 5.60 Å². The lowest BCUT2D eigenvalue weighted by molar-refractivity contribution is -0.278. The van der Waals surface area contributed by atoms with Crippen LogP contribution in [-0.4, -0.2) is 37.8 Å². The van der Waals surface area contributed by atoms with Crippen LogP contribution in [0.25, 0.3) is 0 Å². The molecule has 0 amide bonds. The van der Waals surface area contributed by atoms with E-state index >= 15 is 0 Å². The Morgan fingerprint density at radius 3 is 2.12 bits per heavy atom. The summed E-state index contributed by atoms with van der Waals surface area (Å²) in [7, 11) is 4.57. The second-order valence-corrected chi connectivity index (χ2v) is 4.60. The molecule has 0 fully saturated rings. The summed E-state index contributed by atoms with van der Waals surface area (Å²) in [5.74, 6) is -0.979. The van der Waals surface area contributed by atoms with Crippen molar-refractivity contribution in [3.05, 3.63) is 23.5 Å². The molecule has 2 atom stereocenters. The van der Waals surface area contributed by atoms with Crippen molar-refractivity contribution in [3.8, 4) is 0 Å². The molecule has 1 N–H and O–H groups in total. The van der Waals surface area contributed by atoms with Crippen molar-refractivity contribution in [2.24, 2.45) is 5.92 Å². The highest BCUT2D eigenvalue weighted by molar-refractivity contribution is 5.37. The molecular formula is C13H22O4. The monoisotopic (exact) mass is 242 g/mol. The minimum atomic E-state index is -1.53. The first-order chi connectivity index (χ1) is 7.87. The smallest absolute Gasteiger partial charge is 0.223 e. The topological polar surface area (TPSA) is 47.9 Å². The fraction of sp³-hybridized carbons (Fsp3) is 0.692. The summed E-state index contributed by atoms with van der Waals surface area (Å²) in [5.41, 5.74) is -0.157. The highest BCUT2D eigenvalue weighted by Gasteiger charge is 2.58. The van der Waals surface area contributed by atoms with Crippen LogP contribution in [0.5, 0.6) is 0 Å². The number of allylic oxidation sites excluding steroid dienone is 2. The minimum absolute atomic E-state index is 0.0204. The molecule has 0 spiro atoms. The fourth-order valence-electron chi connectivity index (χ4n) is 2.55. The van der Waals surface area contributed by atoms with Crippen LogP contribution >= 0.6 is 0 Å². The van der Waals surface area contributed by atoms with Gasteiger partial charge < -0.3 is 19.3 Å². The zero-order valence-electron chi connectivity index (χ0n) is 11.4. The SMILES string of the molecule is COC1=CC(C)=CC(O)(OC)C1(OC)C(C)C. The molecule has 0 bridgehead atoms. The molecule has 0 aromatic rings. The number of rotatable bonds is 4. The molecule has 4 nitrogen and oxygen atoms in total. The number of aliphatic hydroxyl groups is 1. The van der Waals surface area contributed by atoms with Crippen molar-refractivity contribution in [3.63, 3.8) is 0 Å². The highest BCUT2D eigenvalue weighted by Crippen LogP contribution is 2.44. The van der Waals surface area contributed by atoms with Crippen molar-refractivity contribution in [2.75, 3.05) is 21.3 Å². The first-order valence-corrected chi connectivity index (χ1v) is 5.66. The molecule has 98 valence electrons. The Morgan fingerprint density at radius 2 is 1.76 bits per heavy atom. The van der Waals surface area contributed by atoms with Gasteiger partial charge in [0.2, 0.25) is 5.79 Å². The normalized spacial score (nSPS) is 33.4. The van der Waals surface area contributed by atoms with Gasteiger partial charge >= 0.3 is 0 Å². The van der Waals surface area contributed by atoms with Gasteiger partial charge in [-0.2, -0.15) is 0 Å². The van der Waals surface area contributed by atoms with Crippen molar-refractivity contribution in [1.82, 2.24) is 0 Å². The highest BCUT2D eigenvalue weighted by atomic mass is 16.7. The van der Waals surface area contributed by atoms with Crippen LogP contribution in [0.3, 0.4) is 0 Å². The lowest BCUT2D eigenvalue weighted by Gasteiger charge is -2.48. The maximum Gasteiger partial charge on any atom is 0.223 e. The molecule has 0 aliphatic heterocycles. The van der Waals surface area contributed by atoms with Crippen molar-refractivity contribution >= 4 is 0 Å². The number of hydrogen-bond acceptors (Lipinski definition) is 4. The summed E-state index contributed by atoms with van der Waals surface area (Å²) >= 11 is 0. The molecule has 0 saturated heterocycles. The van der Waals surface area contributed by atoms with Gasteiger partial charge in [-0.1, -0.05) is 13.8 Å². The quantitative estimate of drug-likeness (QED) is 0.764. The summed E-state index contributed by atoms with van der Waals surface area (Å²) in [6, 6.07) is 0. The van der Waals surface area contributed by atoms with E-state index in [2.05, 4.69) is 0 Å². The third-order valence-electron chi connectivity index (χ3n) is 3.35. The zero-order chi connectivity index (χ0) is 13.3. The van der Waals surface area contributed by atoms with E-state index in [0.29, 0.717) is 5.76 Å². The van der Waals surface area contributed by atoms with Gasteiger partial charge in [0.25, 0.3) is 0 Å². The van der Waals surface area contributed by atoms with Crippen molar-refractivity contribution < 1.29 is 19.3 Å². The molecule has 0 radical (unpaired) electrons. The van der Waals surface area contributed by atoms with Crippen LogP contribution in [0.15, 0.2) is 23.5 Å².